The van der Waals surface area contributed by atoms with Gasteiger partial charge in [-0.1, -0.05) is 66.1 Å². The van der Waals surface area contributed by atoms with Crippen molar-refractivity contribution in [2.24, 2.45) is 0 Å². The maximum Gasteiger partial charge on any atom is 0.967 e. The fourth-order valence-electron chi connectivity index (χ4n) is 2.37. The van der Waals surface area contributed by atoms with Crippen LogP contribution in [0.25, 0.3) is 0 Å². The summed E-state index contributed by atoms with van der Waals surface area (Å²) in [6.45, 7) is 0. The molecule has 0 aliphatic carbocycles. The van der Waals surface area contributed by atoms with Crippen LogP contribution in [0.5, 0.6) is 34.5 Å². The van der Waals surface area contributed by atoms with Gasteiger partial charge in [-0.15, -0.1) is 0 Å². The zero-order valence-corrected chi connectivity index (χ0v) is 24.5. The molecule has 2 aliphatic heterocycles. The average Bonchev–Trinajstić information content (AvgIpc) is 3.30. The number of rotatable bonds is 0. The molecule has 12 heteroatoms. The zero-order chi connectivity index (χ0) is 22.0. The Morgan fingerprint density at radius 1 is 0.559 bits per heavy atom. The van der Waals surface area contributed by atoms with E-state index in [1.54, 1.807) is 12.1 Å². The van der Waals surface area contributed by atoms with Crippen molar-refractivity contribution >= 4 is 81.5 Å². The minimum Gasteiger partial charge on any atom is -0.448 e. The van der Waals surface area contributed by atoms with E-state index in [-0.39, 0.29) is 41.2 Å². The normalized spacial score (nSPS) is 11.3. The molecule has 0 unspecified atom stereocenters. The molecule has 2 heterocycles. The van der Waals surface area contributed by atoms with Crippen molar-refractivity contribution in [2.45, 2.75) is 29.7 Å². The van der Waals surface area contributed by atoms with Crippen LogP contribution >= 0.6 is 0 Å². The molecule has 0 atom stereocenters. The molecule has 0 saturated carbocycles. The SMILES string of the molecule is C.C.C.C.O=[Si]=O.Oc1ccccc1O.[K][K].c1ccc2c(c1)O[Si]1(O2)Oc2ccccc2O1. The van der Waals surface area contributed by atoms with Gasteiger partial charge in [0.05, 0.1) is 0 Å². The van der Waals surface area contributed by atoms with E-state index >= 15 is 0 Å². The van der Waals surface area contributed by atoms with Crippen molar-refractivity contribution in [2.75, 3.05) is 0 Å². The van der Waals surface area contributed by atoms with Crippen LogP contribution in [0.4, 0.5) is 0 Å². The molecule has 2 N–H and O–H groups in total. The van der Waals surface area contributed by atoms with Crippen LogP contribution in [0.2, 0.25) is 0 Å². The number of hydrogen-bond acceptors (Lipinski definition) is 8. The molecule has 2 aliphatic rings. The van der Waals surface area contributed by atoms with E-state index in [0.29, 0.717) is 23.0 Å². The van der Waals surface area contributed by atoms with Crippen molar-refractivity contribution < 1.29 is 36.8 Å². The van der Waals surface area contributed by atoms with Gasteiger partial charge in [-0.25, -0.2) is 0 Å². The van der Waals surface area contributed by atoms with Crippen molar-refractivity contribution in [3.63, 3.8) is 0 Å². The monoisotopic (exact) mass is 556 g/mol. The van der Waals surface area contributed by atoms with Gasteiger partial charge in [0.2, 0.25) is 0 Å². The fraction of sp³-hybridized carbons (Fsp3) is 0.182. The number of phenolic OH excluding ortho intramolecular Hbond substituents is 2. The molecule has 5 rings (SSSR count). The summed E-state index contributed by atoms with van der Waals surface area (Å²) in [6.07, 6.45) is 0. The molecule has 0 bridgehead atoms. The zero-order valence-electron chi connectivity index (χ0n) is 16.3. The molecule has 0 amide bonds. The van der Waals surface area contributed by atoms with Crippen molar-refractivity contribution in [1.29, 1.82) is 0 Å². The van der Waals surface area contributed by atoms with Gasteiger partial charge in [0.1, 0.15) is 0 Å². The molecule has 3 aromatic carbocycles. The second-order valence-electron chi connectivity index (χ2n) is 5.37. The Kier molecular flexibility index (Phi) is 22.4. The second-order valence-corrected chi connectivity index (χ2v) is 7.36. The van der Waals surface area contributed by atoms with E-state index < -0.39 is 18.3 Å². The van der Waals surface area contributed by atoms with Crippen LogP contribution in [-0.4, -0.2) is 91.7 Å². The van der Waals surface area contributed by atoms with Crippen LogP contribution in [0.1, 0.15) is 29.7 Å². The average molecular weight is 557 g/mol. The van der Waals surface area contributed by atoms with Gasteiger partial charge in [-0.2, -0.15) is 0 Å². The largest absolute Gasteiger partial charge is 0.967 e. The molecule has 3 aromatic rings. The Hall–Kier alpha value is -0.234. The number of hydrogen-bond donors (Lipinski definition) is 2. The maximum absolute atomic E-state index is 8.67. The Labute approximate surface area is 250 Å². The van der Waals surface area contributed by atoms with Gasteiger partial charge < -0.3 is 27.9 Å². The minimum atomic E-state index is -3.08. The summed E-state index contributed by atoms with van der Waals surface area (Å²) in [5, 5.41) is 17.3. The third-order valence-corrected chi connectivity index (χ3v) is 5.40. The van der Waals surface area contributed by atoms with Gasteiger partial charge in [0.25, 0.3) is 0 Å². The first-order chi connectivity index (χ1) is 14.6. The third kappa shape index (κ3) is 10.8. The van der Waals surface area contributed by atoms with Crippen LogP contribution in [-0.2, 0) is 8.92 Å². The second kappa shape index (κ2) is 19.9. The van der Waals surface area contributed by atoms with Gasteiger partial charge in [0, 0.05) is 0 Å². The van der Waals surface area contributed by atoms with Gasteiger partial charge in [-0.05, 0) is 36.4 Å². The molecular formula is C22H30K2O8Si2. The number of aromatic hydroxyl groups is 2. The van der Waals surface area contributed by atoms with E-state index in [0.717, 1.165) is 0 Å². The van der Waals surface area contributed by atoms with Crippen LogP contribution in [0, 0.1) is 0 Å². The number of fused-ring (bicyclic) bond motifs is 2. The fourth-order valence-corrected chi connectivity index (χ4v) is 4.37. The molecule has 0 aromatic heterocycles. The Bertz CT molecular complexity index is 889. The van der Waals surface area contributed by atoms with Crippen molar-refractivity contribution in [1.82, 2.24) is 0 Å². The summed E-state index contributed by atoms with van der Waals surface area (Å²) in [5.41, 5.74) is 0. The summed E-state index contributed by atoms with van der Waals surface area (Å²) in [6, 6.07) is 21.1. The van der Waals surface area contributed by atoms with E-state index in [1.165, 1.54) is 75.3 Å². The molecule has 1 spiro atoms. The Balaban J connectivity index is -0.000000490. The van der Waals surface area contributed by atoms with Gasteiger partial charge in [-0.3, -0.25) is 8.92 Å². The quantitative estimate of drug-likeness (QED) is 0.305. The van der Waals surface area contributed by atoms with Crippen LogP contribution in [0.3, 0.4) is 0 Å². The summed E-state index contributed by atoms with van der Waals surface area (Å²) < 4.78 is 39.6. The van der Waals surface area contributed by atoms with E-state index in [1.807, 2.05) is 48.5 Å². The summed E-state index contributed by atoms with van der Waals surface area (Å²) in [7, 11) is -4.50. The first kappa shape index (κ1) is 38.3. The smallest absolute Gasteiger partial charge is 0.448 e. The van der Waals surface area contributed by atoms with Crippen molar-refractivity contribution in [3.8, 4) is 34.5 Å². The molecular weight excluding hydrogens is 527 g/mol. The summed E-state index contributed by atoms with van der Waals surface area (Å²) >= 11 is 2.50. The van der Waals surface area contributed by atoms with E-state index in [9.17, 15) is 0 Å². The predicted octanol–water partition coefficient (Wildman–Crippen LogP) is 4.63. The Morgan fingerprint density at radius 3 is 0.971 bits per heavy atom. The third-order valence-electron chi connectivity index (χ3n) is 3.52. The number of benzene rings is 3. The molecule has 34 heavy (non-hydrogen) atoms. The maximum atomic E-state index is 8.67. The van der Waals surface area contributed by atoms with E-state index in [4.69, 9.17) is 36.8 Å². The topological polar surface area (TPSA) is 112 Å². The van der Waals surface area contributed by atoms with Crippen LogP contribution < -0.4 is 17.7 Å². The summed E-state index contributed by atoms with van der Waals surface area (Å²) in [5.74, 6) is 2.54. The number of phenols is 2. The van der Waals surface area contributed by atoms with Crippen molar-refractivity contribution in [3.05, 3.63) is 72.8 Å². The molecule has 0 radical (unpaired) electrons. The first-order valence-electron chi connectivity index (χ1n) is 8.97. The molecule has 176 valence electrons. The van der Waals surface area contributed by atoms with Crippen LogP contribution in [0.15, 0.2) is 72.8 Å². The first-order valence-corrected chi connectivity index (χ1v) is 27.4. The molecule has 0 saturated heterocycles. The van der Waals surface area contributed by atoms with Gasteiger partial charge >= 0.3 is 81.5 Å². The Morgan fingerprint density at radius 2 is 0.765 bits per heavy atom. The van der Waals surface area contributed by atoms with E-state index in [2.05, 4.69) is 0 Å². The molecule has 0 fully saturated rings. The predicted molar refractivity (Wildman–Crippen MR) is 136 cm³/mol. The minimum absolute atomic E-state index is 0. The molecule has 8 nitrogen and oxygen atoms in total. The standard InChI is InChI=1S/C12H8O4Si.C6H6O2.4CH4.2K.O2Si/c1-2-6-10-9(5-1)13-17(14-10)15-11-7-3-4-8-12(11)16-17;7-5-3-1-2-4-6(5)8;;;;;;;1-3-2/h1-8H;1-4,7-8H;4*1H4;;;. The summed E-state index contributed by atoms with van der Waals surface area (Å²) in [4.78, 5) is 0. The van der Waals surface area contributed by atoms with Gasteiger partial charge in [0.15, 0.2) is 34.5 Å². The number of para-hydroxylation sites is 6.